The number of nitrogens with zero attached hydrogens (tertiary/aromatic N) is 2. The normalized spacial score (nSPS) is 21.5. The Hall–Kier alpha value is -0.340. The lowest BCUT2D eigenvalue weighted by atomic mass is 9.97. The van der Waals surface area contributed by atoms with Gasteiger partial charge in [-0.1, -0.05) is 31.7 Å². The number of thiophene rings is 1. The van der Waals surface area contributed by atoms with Gasteiger partial charge in [-0.3, -0.25) is 9.89 Å². The maximum Gasteiger partial charge on any atom is 0.188 e. The number of nitrogens with two attached hydrogens (primary N) is 1. The second kappa shape index (κ2) is 11.4. The van der Waals surface area contributed by atoms with Crippen molar-refractivity contribution in [1.82, 2.24) is 10.2 Å². The molecule has 1 aliphatic heterocycles. The quantitative estimate of drug-likeness (QED) is 0.290. The number of aliphatic imine (C=N–C) groups is 1. The monoisotopic (exact) mass is 476 g/mol. The van der Waals surface area contributed by atoms with Crippen LogP contribution in [0.5, 0.6) is 0 Å². The fraction of sp³-hybridized carbons (Fsp3) is 0.737. The van der Waals surface area contributed by atoms with E-state index in [1.54, 1.807) is 0 Å². The smallest absolute Gasteiger partial charge is 0.188 e. The van der Waals surface area contributed by atoms with Crippen molar-refractivity contribution in [2.75, 3.05) is 19.6 Å². The molecule has 4 nitrogen and oxygen atoms in total. The van der Waals surface area contributed by atoms with Crippen LogP contribution < -0.4 is 11.1 Å². The molecule has 1 aromatic heterocycles. The lowest BCUT2D eigenvalue weighted by molar-refractivity contribution is 0.182. The summed E-state index contributed by atoms with van der Waals surface area (Å²) in [4.78, 5) is 8.68. The van der Waals surface area contributed by atoms with E-state index in [9.17, 15) is 0 Å². The molecule has 6 heteroatoms. The molecule has 3 N–H and O–H groups in total. The number of nitrogens with one attached hydrogen (secondary N) is 1. The van der Waals surface area contributed by atoms with Crippen molar-refractivity contribution in [1.29, 1.82) is 0 Å². The SMILES string of the molecule is I.NC(=NCC1CCN(Cc2cccs2)CC1)NC1CCCCCC1. The van der Waals surface area contributed by atoms with Crippen LogP contribution in [0.15, 0.2) is 22.5 Å². The molecule has 0 amide bonds. The molecule has 1 saturated heterocycles. The van der Waals surface area contributed by atoms with Crippen LogP contribution in [0.4, 0.5) is 0 Å². The highest BCUT2D eigenvalue weighted by Gasteiger charge is 2.19. The van der Waals surface area contributed by atoms with Gasteiger partial charge in [0.25, 0.3) is 0 Å². The zero-order valence-corrected chi connectivity index (χ0v) is 18.3. The van der Waals surface area contributed by atoms with Crippen molar-refractivity contribution in [3.8, 4) is 0 Å². The Kier molecular flexibility index (Phi) is 9.55. The number of hydrogen-bond acceptors (Lipinski definition) is 3. The van der Waals surface area contributed by atoms with E-state index in [-0.39, 0.29) is 24.0 Å². The second-order valence-corrected chi connectivity index (χ2v) is 8.39. The van der Waals surface area contributed by atoms with Crippen LogP contribution in [-0.4, -0.2) is 36.5 Å². The van der Waals surface area contributed by atoms with Gasteiger partial charge in [-0.05, 0) is 56.1 Å². The van der Waals surface area contributed by atoms with Crippen LogP contribution in [0, 0.1) is 5.92 Å². The van der Waals surface area contributed by atoms with Gasteiger partial charge < -0.3 is 11.1 Å². The summed E-state index contributed by atoms with van der Waals surface area (Å²) >= 11 is 1.86. The Morgan fingerprint density at radius 2 is 1.88 bits per heavy atom. The summed E-state index contributed by atoms with van der Waals surface area (Å²) in [5, 5.41) is 5.62. The highest BCUT2D eigenvalue weighted by molar-refractivity contribution is 14.0. The van der Waals surface area contributed by atoms with Gasteiger partial charge in [0.05, 0.1) is 0 Å². The van der Waals surface area contributed by atoms with E-state index in [0.29, 0.717) is 17.9 Å². The van der Waals surface area contributed by atoms with Gasteiger partial charge in [0.15, 0.2) is 5.96 Å². The standard InChI is InChI=1S/C19H32N4S.HI/c20-19(22-17-6-3-1-2-4-7-17)21-14-16-9-11-23(12-10-16)15-18-8-5-13-24-18;/h5,8,13,16-17H,1-4,6-7,9-12,14-15H2,(H3,20,21,22);1H. The van der Waals surface area contributed by atoms with E-state index in [4.69, 9.17) is 5.73 Å². The van der Waals surface area contributed by atoms with E-state index >= 15 is 0 Å². The van der Waals surface area contributed by atoms with Crippen LogP contribution >= 0.6 is 35.3 Å². The van der Waals surface area contributed by atoms with Gasteiger partial charge in [0.1, 0.15) is 0 Å². The fourth-order valence-electron chi connectivity index (χ4n) is 3.86. The average molecular weight is 476 g/mol. The minimum atomic E-state index is 0. The molecule has 1 saturated carbocycles. The average Bonchev–Trinajstić information content (AvgIpc) is 2.97. The lowest BCUT2D eigenvalue weighted by Crippen LogP contribution is -2.40. The summed E-state index contributed by atoms with van der Waals surface area (Å²) in [7, 11) is 0. The number of rotatable bonds is 5. The molecule has 2 aliphatic rings. The molecule has 0 bridgehead atoms. The maximum absolute atomic E-state index is 6.12. The van der Waals surface area contributed by atoms with Gasteiger partial charge in [0, 0.05) is 24.0 Å². The van der Waals surface area contributed by atoms with Crippen LogP contribution in [0.25, 0.3) is 0 Å². The predicted octanol–water partition coefficient (Wildman–Crippen LogP) is 4.21. The molecule has 2 heterocycles. The first kappa shape index (κ1) is 21.0. The molecule has 2 fully saturated rings. The van der Waals surface area contributed by atoms with E-state index in [0.717, 1.165) is 13.1 Å². The third-order valence-electron chi connectivity index (χ3n) is 5.39. The summed E-state index contributed by atoms with van der Waals surface area (Å²) in [5.74, 6) is 1.36. The van der Waals surface area contributed by atoms with Crippen molar-refractivity contribution < 1.29 is 0 Å². The van der Waals surface area contributed by atoms with Crippen molar-refractivity contribution in [2.45, 2.75) is 64.0 Å². The molecule has 25 heavy (non-hydrogen) atoms. The Balaban J connectivity index is 0.00000225. The molecule has 0 atom stereocenters. The highest BCUT2D eigenvalue weighted by Crippen LogP contribution is 2.21. The highest BCUT2D eigenvalue weighted by atomic mass is 127. The minimum absolute atomic E-state index is 0. The number of halogens is 1. The van der Waals surface area contributed by atoms with Gasteiger partial charge in [-0.2, -0.15) is 0 Å². The zero-order chi connectivity index (χ0) is 16.6. The summed E-state index contributed by atoms with van der Waals surface area (Å²) in [6.07, 6.45) is 10.4. The number of piperidine rings is 1. The predicted molar refractivity (Wildman–Crippen MR) is 119 cm³/mol. The fourth-order valence-corrected chi connectivity index (χ4v) is 4.60. The summed E-state index contributed by atoms with van der Waals surface area (Å²) in [6, 6.07) is 4.93. The summed E-state index contributed by atoms with van der Waals surface area (Å²) in [6.45, 7) is 4.37. The number of hydrogen-bond donors (Lipinski definition) is 2. The van der Waals surface area contributed by atoms with E-state index in [1.165, 1.54) is 69.3 Å². The van der Waals surface area contributed by atoms with Crippen molar-refractivity contribution in [3.05, 3.63) is 22.4 Å². The van der Waals surface area contributed by atoms with Crippen molar-refractivity contribution >= 4 is 41.3 Å². The first-order valence-electron chi connectivity index (χ1n) is 9.61. The lowest BCUT2D eigenvalue weighted by Gasteiger charge is -2.31. The second-order valence-electron chi connectivity index (χ2n) is 7.36. The maximum atomic E-state index is 6.12. The molecule has 3 rings (SSSR count). The Morgan fingerprint density at radius 3 is 2.52 bits per heavy atom. The number of likely N-dealkylation sites (tertiary alicyclic amines) is 1. The largest absolute Gasteiger partial charge is 0.370 e. The molecular weight excluding hydrogens is 443 g/mol. The van der Waals surface area contributed by atoms with Gasteiger partial charge >= 0.3 is 0 Å². The summed E-state index contributed by atoms with van der Waals surface area (Å²) < 4.78 is 0. The molecule has 0 unspecified atom stereocenters. The van der Waals surface area contributed by atoms with E-state index in [2.05, 4.69) is 32.7 Å². The topological polar surface area (TPSA) is 53.6 Å². The molecule has 1 aromatic rings. The molecule has 142 valence electrons. The van der Waals surface area contributed by atoms with Crippen molar-refractivity contribution in [3.63, 3.8) is 0 Å². The van der Waals surface area contributed by atoms with Gasteiger partial charge in [-0.25, -0.2) is 0 Å². The molecule has 0 aromatic carbocycles. The van der Waals surface area contributed by atoms with Crippen LogP contribution in [0.3, 0.4) is 0 Å². The Morgan fingerprint density at radius 1 is 1.16 bits per heavy atom. The first-order chi connectivity index (χ1) is 11.8. The van der Waals surface area contributed by atoms with Crippen molar-refractivity contribution in [2.24, 2.45) is 16.6 Å². The number of guanidine groups is 1. The molecular formula is C19H33IN4S. The molecule has 1 aliphatic carbocycles. The zero-order valence-electron chi connectivity index (χ0n) is 15.2. The Labute approximate surface area is 173 Å². The third-order valence-corrected chi connectivity index (χ3v) is 6.25. The molecule has 0 spiro atoms. The van der Waals surface area contributed by atoms with Crippen LogP contribution in [0.2, 0.25) is 0 Å². The minimum Gasteiger partial charge on any atom is -0.370 e. The van der Waals surface area contributed by atoms with Crippen LogP contribution in [0.1, 0.15) is 56.2 Å². The van der Waals surface area contributed by atoms with Gasteiger partial charge in [0.2, 0.25) is 0 Å². The van der Waals surface area contributed by atoms with E-state index in [1.807, 2.05) is 11.3 Å². The van der Waals surface area contributed by atoms with Crippen LogP contribution in [-0.2, 0) is 6.54 Å². The van der Waals surface area contributed by atoms with E-state index < -0.39 is 0 Å². The van der Waals surface area contributed by atoms with Gasteiger partial charge in [-0.15, -0.1) is 35.3 Å². The third kappa shape index (κ3) is 7.43. The summed E-state index contributed by atoms with van der Waals surface area (Å²) in [5.41, 5.74) is 6.12. The molecule has 0 radical (unpaired) electrons. The Bertz CT molecular complexity index is 490. The first-order valence-corrected chi connectivity index (χ1v) is 10.5.